The molecule has 0 saturated heterocycles. The molecule has 2 heteroatoms. The van der Waals surface area contributed by atoms with E-state index in [0.717, 1.165) is 0 Å². The van der Waals surface area contributed by atoms with Crippen LogP contribution in [0.25, 0.3) is 0 Å². The summed E-state index contributed by atoms with van der Waals surface area (Å²) in [5, 5.41) is 3.93. The van der Waals surface area contributed by atoms with Crippen molar-refractivity contribution in [3.05, 3.63) is 24.4 Å². The second-order valence-electron chi connectivity index (χ2n) is 0.915. The molecule has 7 heavy (non-hydrogen) atoms. The molecule has 36 valence electrons. The molecule has 0 bridgehead atoms. The van der Waals surface area contributed by atoms with Crippen LogP contribution in [0.2, 0.25) is 0 Å². The molecular weight excluding hydrogens is 90.1 g/mol. The Morgan fingerprint density at radius 3 is 3.00 bits per heavy atom. The van der Waals surface area contributed by atoms with Gasteiger partial charge in [-0.15, -0.1) is 0 Å². The molecule has 0 aromatic carbocycles. The molecular formula is C5H5NO. The van der Waals surface area contributed by atoms with Gasteiger partial charge in [-0.05, 0) is 12.1 Å². The van der Waals surface area contributed by atoms with Crippen LogP contribution >= 0.6 is 0 Å². The van der Waals surface area contributed by atoms with Crippen LogP contribution in [0.3, 0.4) is 0 Å². The molecule has 0 fully saturated rings. The van der Waals surface area contributed by atoms with Gasteiger partial charge >= 0.3 is 0 Å². The number of aromatic nitrogens is 1. The highest BCUT2D eigenvalue weighted by atomic mass is 16.3. The first-order valence-corrected chi connectivity index (χ1v) is 1.65. The third-order valence-corrected chi connectivity index (χ3v) is 0.451. The lowest BCUT2D eigenvalue weighted by Crippen LogP contribution is -1.63. The highest BCUT2D eigenvalue weighted by Crippen LogP contribution is 2.00. The van der Waals surface area contributed by atoms with Gasteiger partial charge in [0, 0.05) is 12.3 Å². The lowest BCUT2D eigenvalue weighted by Gasteiger charge is -1.82. The summed E-state index contributed by atoms with van der Waals surface area (Å²) in [6.45, 7) is 0. The largest absolute Gasteiger partial charge is 0.508 e. The Morgan fingerprint density at radius 2 is 2.43 bits per heavy atom. The van der Waals surface area contributed by atoms with Crippen LogP contribution < -0.4 is 0 Å². The summed E-state index contributed by atoms with van der Waals surface area (Å²) in [6, 6.07) is -0.878. The minimum Gasteiger partial charge on any atom is -0.508 e. The number of aromatic hydroxyl groups is 1. The van der Waals surface area contributed by atoms with Gasteiger partial charge in [0.2, 0.25) is 0 Å². The molecule has 0 radical (unpaired) electrons. The second kappa shape index (κ2) is 1.60. The number of hydrogen-bond acceptors (Lipinski definition) is 2. The quantitative estimate of drug-likeness (QED) is 0.566. The van der Waals surface area contributed by atoms with Gasteiger partial charge in [0.15, 0.2) is 0 Å². The normalized spacial score (nSPS) is 18.0. The maximum absolute atomic E-state index is 7.13. The molecule has 0 spiro atoms. The maximum atomic E-state index is 7.13. The highest BCUT2D eigenvalue weighted by molar-refractivity contribution is 5.13. The van der Waals surface area contributed by atoms with Crippen molar-refractivity contribution in [2.75, 3.05) is 0 Å². The average Bonchev–Trinajstić information content (AvgIpc) is 2.02. The van der Waals surface area contributed by atoms with Crippen molar-refractivity contribution in [2.45, 2.75) is 0 Å². The molecule has 0 unspecified atom stereocenters. The van der Waals surface area contributed by atoms with Crippen molar-refractivity contribution >= 4 is 0 Å². The molecule has 0 aliphatic carbocycles. The number of rotatable bonds is 1. The zero-order valence-electron chi connectivity index (χ0n) is 8.36. The minimum absolute atomic E-state index is 0.403. The summed E-state index contributed by atoms with van der Waals surface area (Å²) in [4.78, 5) is 3.28. The van der Waals surface area contributed by atoms with E-state index in [4.69, 9.17) is 6.91 Å². The van der Waals surface area contributed by atoms with Crippen LogP contribution in [-0.4, -0.2) is 11.5 Å². The summed E-state index contributed by atoms with van der Waals surface area (Å²) >= 11 is 0. The molecule has 0 saturated carbocycles. The minimum atomic E-state index is -0.460. The first kappa shape index (κ1) is 1.22. The van der Waals surface area contributed by atoms with Crippen molar-refractivity contribution in [1.29, 1.82) is 1.43 Å². The molecule has 1 N–H and O–H groups in total. The van der Waals surface area contributed by atoms with Gasteiger partial charge in [0.1, 0.15) is 5.75 Å². The predicted molar refractivity (Wildman–Crippen MR) is 25.9 cm³/mol. The number of pyridine rings is 1. The summed E-state index contributed by atoms with van der Waals surface area (Å²) in [5.74, 6) is -0.403. The molecule has 2 nitrogen and oxygen atoms in total. The molecule has 0 atom stereocenters. The van der Waals surface area contributed by atoms with Gasteiger partial charge in [-0.1, -0.05) is 0 Å². The topological polar surface area (TPSA) is 33.1 Å². The van der Waals surface area contributed by atoms with Gasteiger partial charge in [-0.3, -0.25) is 4.98 Å². The third-order valence-electron chi connectivity index (χ3n) is 0.451. The van der Waals surface area contributed by atoms with Crippen LogP contribution in [0.1, 0.15) is 5.48 Å². The SMILES string of the molecule is [2H]Oc1c([2H])c([2H])nc([2H])c1[2H]. The molecule has 1 aromatic rings. The Balaban J connectivity index is 3.42. The lowest BCUT2D eigenvalue weighted by atomic mass is 10.5. The smallest absolute Gasteiger partial charge is 0.293 e. The summed E-state index contributed by atoms with van der Waals surface area (Å²) in [7, 11) is 0. The first-order chi connectivity index (χ1) is 5.57. The van der Waals surface area contributed by atoms with E-state index in [9.17, 15) is 0 Å². The standard InChI is InChI=1S/C5H5NO/c7-5-1-3-6-4-2-5/h1-4H,(H,6,7)/i1D,2D,3D,4D/hD. The predicted octanol–water partition coefficient (Wildman–Crippen LogP) is 0.787. The molecule has 0 aliphatic heterocycles. The van der Waals surface area contributed by atoms with Crippen LogP contribution in [-0.2, 0) is 0 Å². The fourth-order valence-electron chi connectivity index (χ4n) is 0.217. The van der Waals surface area contributed by atoms with E-state index in [1.54, 1.807) is 0 Å². The van der Waals surface area contributed by atoms with Gasteiger partial charge in [-0.2, -0.15) is 0 Å². The van der Waals surface area contributed by atoms with Crippen LogP contribution in [0.5, 0.6) is 5.75 Å². The van der Waals surface area contributed by atoms with Crippen LogP contribution in [0, 0.1) is 0 Å². The Labute approximate surface area is 48.6 Å². The van der Waals surface area contributed by atoms with E-state index in [1.807, 2.05) is 0 Å². The van der Waals surface area contributed by atoms with Gasteiger partial charge < -0.3 is 5.11 Å². The Morgan fingerprint density at radius 1 is 1.71 bits per heavy atom. The summed E-state index contributed by atoms with van der Waals surface area (Å²) in [6.07, 6.45) is -0.920. The number of nitrogens with zero attached hydrogens (tertiary/aromatic N) is 1. The van der Waals surface area contributed by atoms with E-state index in [2.05, 4.69) is 10.1 Å². The van der Waals surface area contributed by atoms with E-state index >= 15 is 0 Å². The van der Waals surface area contributed by atoms with Crippen molar-refractivity contribution < 1.29 is 10.6 Å². The monoisotopic (exact) mass is 100 g/mol. The zero-order valence-corrected chi connectivity index (χ0v) is 3.36. The third kappa shape index (κ3) is 0.892. The highest BCUT2D eigenvalue weighted by Gasteiger charge is 1.75. The van der Waals surface area contributed by atoms with Crippen molar-refractivity contribution in [3.63, 3.8) is 0 Å². The Hall–Kier alpha value is -1.05. The van der Waals surface area contributed by atoms with Gasteiger partial charge in [-0.25, -0.2) is 0 Å². The first-order valence-electron chi connectivity index (χ1n) is 4.06. The lowest BCUT2D eigenvalue weighted by molar-refractivity contribution is 0.474. The average molecular weight is 100 g/mol. The van der Waals surface area contributed by atoms with E-state index in [1.165, 1.54) is 0 Å². The molecule has 0 aliphatic rings. The fourth-order valence-corrected chi connectivity index (χ4v) is 0.217. The van der Waals surface area contributed by atoms with E-state index in [0.29, 0.717) is 0 Å². The Kier molecular flexibility index (Phi) is 0.278. The van der Waals surface area contributed by atoms with Gasteiger partial charge in [0.25, 0.3) is 1.43 Å². The van der Waals surface area contributed by atoms with Crippen LogP contribution in [0.4, 0.5) is 0 Å². The van der Waals surface area contributed by atoms with E-state index in [-0.39, 0.29) is 0 Å². The van der Waals surface area contributed by atoms with Gasteiger partial charge in [0.05, 0.1) is 5.48 Å². The summed E-state index contributed by atoms with van der Waals surface area (Å²) in [5.41, 5.74) is 0. The molecule has 1 aromatic heterocycles. The maximum Gasteiger partial charge on any atom is 0.293 e. The van der Waals surface area contributed by atoms with Crippen molar-refractivity contribution in [1.82, 2.24) is 4.98 Å². The van der Waals surface area contributed by atoms with Crippen LogP contribution in [0.15, 0.2) is 24.4 Å². The summed E-state index contributed by atoms with van der Waals surface area (Å²) < 4.78 is 34.8. The molecule has 0 amide bonds. The molecule has 1 heterocycles. The van der Waals surface area contributed by atoms with E-state index < -0.39 is 30.2 Å². The second-order valence-corrected chi connectivity index (χ2v) is 0.915. The zero-order chi connectivity index (χ0) is 9.30. The molecule has 1 rings (SSSR count). The fraction of sp³-hybridized carbons (Fsp3) is 0. The van der Waals surface area contributed by atoms with Crippen molar-refractivity contribution in [2.24, 2.45) is 0 Å². The Bertz CT molecular complexity index is 289. The number of hydrogen-bond donors (Lipinski definition) is 1. The van der Waals surface area contributed by atoms with Crippen molar-refractivity contribution in [3.8, 4) is 5.75 Å².